The summed E-state index contributed by atoms with van der Waals surface area (Å²) >= 11 is 0. The number of anilines is 1. The second kappa shape index (κ2) is 9.68. The van der Waals surface area contributed by atoms with Gasteiger partial charge >= 0.3 is 0 Å². The zero-order valence-corrected chi connectivity index (χ0v) is 18.8. The number of aliphatic hydroxyl groups is 1. The zero-order chi connectivity index (χ0) is 22.7. The smallest absolute Gasteiger partial charge is 0.225 e. The molecule has 0 radical (unpaired) electrons. The zero-order valence-electron chi connectivity index (χ0n) is 18.8. The average Bonchev–Trinajstić information content (AvgIpc) is 3.67. The quantitative estimate of drug-likeness (QED) is 0.720. The Kier molecular flexibility index (Phi) is 6.73. The predicted molar refractivity (Wildman–Crippen MR) is 122 cm³/mol. The molecule has 2 heterocycles. The highest BCUT2D eigenvalue weighted by molar-refractivity contribution is 5.77. The molecular weight excluding hydrogens is 404 g/mol. The van der Waals surface area contributed by atoms with Crippen LogP contribution in [0.5, 0.6) is 0 Å². The average molecular weight is 435 g/mol. The molecule has 7 nitrogen and oxygen atoms in total. The first-order valence-electron chi connectivity index (χ1n) is 11.2. The van der Waals surface area contributed by atoms with Gasteiger partial charge in [0.15, 0.2) is 0 Å². The maximum Gasteiger partial charge on any atom is 0.225 e. The van der Waals surface area contributed by atoms with E-state index in [2.05, 4.69) is 11.0 Å². The lowest BCUT2D eigenvalue weighted by Gasteiger charge is -2.41. The van der Waals surface area contributed by atoms with Gasteiger partial charge in [0, 0.05) is 44.3 Å². The monoisotopic (exact) mass is 434 g/mol. The summed E-state index contributed by atoms with van der Waals surface area (Å²) in [7, 11) is 1.60. The Morgan fingerprint density at radius 2 is 2.06 bits per heavy atom. The first kappa shape index (κ1) is 22.3. The van der Waals surface area contributed by atoms with E-state index in [1.54, 1.807) is 7.11 Å². The molecule has 4 rings (SSSR count). The number of hydrogen-bond donors (Lipinski definition) is 1. The van der Waals surface area contributed by atoms with Crippen LogP contribution in [-0.2, 0) is 16.1 Å². The number of nitriles is 1. The molecule has 1 aliphatic heterocycles. The third-order valence-corrected chi connectivity index (χ3v) is 6.36. The molecule has 32 heavy (non-hydrogen) atoms. The van der Waals surface area contributed by atoms with E-state index >= 15 is 0 Å². The lowest BCUT2D eigenvalue weighted by molar-refractivity contribution is -0.134. The van der Waals surface area contributed by atoms with Crippen LogP contribution in [0.2, 0.25) is 0 Å². The second-order valence-corrected chi connectivity index (χ2v) is 8.62. The van der Waals surface area contributed by atoms with Crippen LogP contribution in [0.1, 0.15) is 48.9 Å². The van der Waals surface area contributed by atoms with Crippen molar-refractivity contribution in [3.8, 4) is 17.2 Å². The van der Waals surface area contributed by atoms with E-state index in [9.17, 15) is 15.2 Å². The molecule has 1 amide bonds. The first-order chi connectivity index (χ1) is 15.6. The fraction of sp³-hybridized carbons (Fsp3) is 0.480. The van der Waals surface area contributed by atoms with Gasteiger partial charge in [0.05, 0.1) is 30.9 Å². The van der Waals surface area contributed by atoms with Crippen LogP contribution in [0.3, 0.4) is 0 Å². The minimum Gasteiger partial charge on any atom is -0.392 e. The Morgan fingerprint density at radius 1 is 1.28 bits per heavy atom. The molecule has 0 bridgehead atoms. The van der Waals surface area contributed by atoms with Gasteiger partial charge in [0.25, 0.3) is 0 Å². The molecule has 0 spiro atoms. The van der Waals surface area contributed by atoms with Gasteiger partial charge in [-0.25, -0.2) is 4.98 Å². The van der Waals surface area contributed by atoms with Gasteiger partial charge < -0.3 is 19.6 Å². The van der Waals surface area contributed by atoms with Crippen LogP contribution in [0.15, 0.2) is 30.3 Å². The second-order valence-electron chi connectivity index (χ2n) is 8.62. The number of aliphatic hydroxyl groups excluding tert-OH is 1. The summed E-state index contributed by atoms with van der Waals surface area (Å²) in [5.74, 6) is 1.19. The normalized spacial score (nSPS) is 18.5. The van der Waals surface area contributed by atoms with Gasteiger partial charge in [0.1, 0.15) is 11.9 Å². The van der Waals surface area contributed by atoms with E-state index in [0.717, 1.165) is 35.2 Å². The summed E-state index contributed by atoms with van der Waals surface area (Å²) in [5, 5.41) is 19.8. The van der Waals surface area contributed by atoms with Crippen molar-refractivity contribution in [1.29, 1.82) is 5.26 Å². The van der Waals surface area contributed by atoms with Crippen molar-refractivity contribution in [2.24, 2.45) is 0 Å². The summed E-state index contributed by atoms with van der Waals surface area (Å²) in [6.07, 6.45) is 2.56. The number of hydrogen-bond acceptors (Lipinski definition) is 6. The van der Waals surface area contributed by atoms with E-state index in [1.165, 1.54) is 0 Å². The molecular formula is C25H30N4O3. The van der Waals surface area contributed by atoms with Gasteiger partial charge in [-0.2, -0.15) is 5.26 Å². The van der Waals surface area contributed by atoms with Crippen LogP contribution in [0.4, 0.5) is 5.82 Å². The number of aromatic nitrogens is 1. The largest absolute Gasteiger partial charge is 0.392 e. The number of pyridine rings is 1. The number of amides is 1. The molecule has 1 aliphatic carbocycles. The molecule has 1 saturated carbocycles. The Labute approximate surface area is 189 Å². The van der Waals surface area contributed by atoms with Gasteiger partial charge in [-0.05, 0) is 37.0 Å². The number of carbonyl (C=O) groups excluding carboxylic acids is 1. The highest BCUT2D eigenvalue weighted by Gasteiger charge is 2.33. The highest BCUT2D eigenvalue weighted by Crippen LogP contribution is 2.45. The Morgan fingerprint density at radius 3 is 2.72 bits per heavy atom. The van der Waals surface area contributed by atoms with Crippen molar-refractivity contribution in [1.82, 2.24) is 9.88 Å². The molecule has 1 atom stereocenters. The highest BCUT2D eigenvalue weighted by atomic mass is 16.5. The van der Waals surface area contributed by atoms with Crippen molar-refractivity contribution in [2.75, 3.05) is 38.3 Å². The molecule has 1 saturated heterocycles. The number of rotatable bonds is 7. The van der Waals surface area contributed by atoms with Crippen molar-refractivity contribution < 1.29 is 14.6 Å². The van der Waals surface area contributed by atoms with Crippen LogP contribution >= 0.6 is 0 Å². The van der Waals surface area contributed by atoms with Crippen molar-refractivity contribution in [3.05, 3.63) is 47.2 Å². The maximum atomic E-state index is 12.5. The van der Waals surface area contributed by atoms with Gasteiger partial charge in [-0.15, -0.1) is 0 Å². The minimum atomic E-state index is -0.0551. The number of benzene rings is 1. The van der Waals surface area contributed by atoms with Gasteiger partial charge in [-0.1, -0.05) is 24.3 Å². The van der Waals surface area contributed by atoms with Crippen molar-refractivity contribution in [2.45, 2.75) is 44.8 Å². The molecule has 2 fully saturated rings. The molecule has 1 aromatic heterocycles. The van der Waals surface area contributed by atoms with E-state index < -0.39 is 0 Å². The van der Waals surface area contributed by atoms with Crippen molar-refractivity contribution in [3.63, 3.8) is 0 Å². The van der Waals surface area contributed by atoms with Gasteiger partial charge in [0.2, 0.25) is 5.91 Å². The summed E-state index contributed by atoms with van der Waals surface area (Å²) in [6, 6.07) is 12.1. The number of piperazine rings is 1. The van der Waals surface area contributed by atoms with Crippen molar-refractivity contribution >= 4 is 11.7 Å². The molecule has 7 heteroatoms. The topological polar surface area (TPSA) is 89.7 Å². The lowest BCUT2D eigenvalue weighted by atomic mass is 9.95. The molecule has 2 aromatic rings. The first-order valence-corrected chi connectivity index (χ1v) is 11.2. The number of nitrogens with zero attached hydrogens (tertiary/aromatic N) is 4. The summed E-state index contributed by atoms with van der Waals surface area (Å²) in [5.41, 5.74) is 4.26. The lowest BCUT2D eigenvalue weighted by Crippen LogP contribution is -2.54. The Hall–Kier alpha value is -2.95. The summed E-state index contributed by atoms with van der Waals surface area (Å²) in [6.45, 7) is 4.28. The third kappa shape index (κ3) is 4.47. The Balaban J connectivity index is 1.65. The summed E-state index contributed by atoms with van der Waals surface area (Å²) in [4.78, 5) is 21.6. The Bertz CT molecular complexity index is 1030. The van der Waals surface area contributed by atoms with E-state index in [4.69, 9.17) is 9.72 Å². The molecule has 1 N–H and O–H groups in total. The van der Waals surface area contributed by atoms with E-state index in [0.29, 0.717) is 50.0 Å². The predicted octanol–water partition coefficient (Wildman–Crippen LogP) is 3.06. The SMILES string of the molecule is COCCC(=O)N1CCN(c2nc(C3CC3)c(-c3ccccc3CO)cc2C#N)C[C@H]1C. The van der Waals surface area contributed by atoms with Gasteiger partial charge in [-0.3, -0.25) is 4.79 Å². The molecule has 168 valence electrons. The van der Waals surface area contributed by atoms with Crippen LogP contribution in [-0.4, -0.2) is 60.3 Å². The number of ether oxygens (including phenoxy) is 1. The molecule has 2 aliphatic rings. The van der Waals surface area contributed by atoms with E-state index in [-0.39, 0.29) is 18.6 Å². The fourth-order valence-electron chi connectivity index (χ4n) is 4.50. The standard InChI is InChI=1S/C25H30N4O3/c1-17-15-28(10-11-29(17)23(31)9-12-32-2)25-20(14-26)13-22(24(27-25)18-7-8-18)21-6-4-3-5-19(21)16-30/h3-6,13,17-18,30H,7-12,15-16H2,1-2H3/t17-/m1/s1. The van der Waals surface area contributed by atoms with Crippen LogP contribution in [0.25, 0.3) is 11.1 Å². The fourth-order valence-corrected chi connectivity index (χ4v) is 4.50. The molecule has 0 unspecified atom stereocenters. The molecule has 1 aromatic carbocycles. The van der Waals surface area contributed by atoms with E-state index in [1.807, 2.05) is 42.2 Å². The minimum absolute atomic E-state index is 0.0283. The summed E-state index contributed by atoms with van der Waals surface area (Å²) < 4.78 is 5.05. The van der Waals surface area contributed by atoms with Crippen LogP contribution < -0.4 is 4.90 Å². The maximum absolute atomic E-state index is 12.5. The number of carbonyl (C=O) groups is 1. The number of methoxy groups -OCH3 is 1. The third-order valence-electron chi connectivity index (χ3n) is 6.36. The van der Waals surface area contributed by atoms with Crippen LogP contribution in [0, 0.1) is 11.3 Å².